The Balaban J connectivity index is 2.47. The van der Waals surface area contributed by atoms with Crippen molar-refractivity contribution < 1.29 is 0 Å². The van der Waals surface area contributed by atoms with Crippen LogP contribution in [0.15, 0.2) is 30.5 Å². The van der Waals surface area contributed by atoms with E-state index >= 15 is 0 Å². The van der Waals surface area contributed by atoms with Crippen LogP contribution in [0.3, 0.4) is 0 Å². The molecule has 0 aromatic carbocycles. The first-order valence-corrected chi connectivity index (χ1v) is 7.49. The molecule has 1 rings (SSSR count). The minimum Gasteiger partial charge on any atom is -0.257 e. The standard InChI is InChI=1S/C10H15NSi/c1-12(2)9-5-7-10-6-3-4-8-11-10/h3-8,12H,9H2,1-2H3. The largest absolute Gasteiger partial charge is 0.257 e. The molecule has 0 atom stereocenters. The number of rotatable bonds is 3. The average Bonchev–Trinajstić information content (AvgIpc) is 2.05. The van der Waals surface area contributed by atoms with E-state index in [-0.39, 0.29) is 0 Å². The van der Waals surface area contributed by atoms with Gasteiger partial charge in [0.15, 0.2) is 0 Å². The fourth-order valence-corrected chi connectivity index (χ4v) is 1.62. The predicted octanol–water partition coefficient (Wildman–Crippen LogP) is 2.58. The van der Waals surface area contributed by atoms with E-state index in [1.807, 2.05) is 24.4 Å². The fourth-order valence-electron chi connectivity index (χ4n) is 0.936. The molecule has 0 fully saturated rings. The molecule has 0 N–H and O–H groups in total. The van der Waals surface area contributed by atoms with Gasteiger partial charge < -0.3 is 0 Å². The maximum atomic E-state index is 4.20. The Kier molecular flexibility index (Phi) is 3.74. The molecule has 1 aromatic heterocycles. The molecule has 0 unspecified atom stereocenters. The van der Waals surface area contributed by atoms with Crippen molar-refractivity contribution in [2.75, 3.05) is 0 Å². The summed E-state index contributed by atoms with van der Waals surface area (Å²) >= 11 is 0. The highest BCUT2D eigenvalue weighted by atomic mass is 28.3. The molecular formula is C10H15NSi. The molecule has 1 aromatic rings. The molecule has 2 heteroatoms. The van der Waals surface area contributed by atoms with Crippen molar-refractivity contribution in [3.05, 3.63) is 36.2 Å². The highest BCUT2D eigenvalue weighted by Crippen LogP contribution is 1.99. The van der Waals surface area contributed by atoms with Gasteiger partial charge in [-0.25, -0.2) is 0 Å². The van der Waals surface area contributed by atoms with Crippen molar-refractivity contribution in [3.8, 4) is 0 Å². The second-order valence-corrected chi connectivity index (χ2v) is 6.55. The van der Waals surface area contributed by atoms with E-state index in [1.54, 1.807) is 0 Å². The maximum Gasteiger partial charge on any atom is 0.0626 e. The smallest absolute Gasteiger partial charge is 0.0626 e. The Bertz CT molecular complexity index is 241. The molecule has 0 radical (unpaired) electrons. The third-order valence-corrected chi connectivity index (χ3v) is 2.80. The summed E-state index contributed by atoms with van der Waals surface area (Å²) in [6.07, 6.45) is 6.17. The number of nitrogens with zero attached hydrogens (tertiary/aromatic N) is 1. The zero-order chi connectivity index (χ0) is 8.81. The summed E-state index contributed by atoms with van der Waals surface area (Å²) in [5, 5.41) is 0. The van der Waals surface area contributed by atoms with Crippen molar-refractivity contribution in [1.82, 2.24) is 4.98 Å². The van der Waals surface area contributed by atoms with E-state index in [4.69, 9.17) is 0 Å². The molecule has 0 bridgehead atoms. The Morgan fingerprint density at radius 2 is 2.25 bits per heavy atom. The van der Waals surface area contributed by atoms with E-state index in [0.29, 0.717) is 0 Å². The zero-order valence-electron chi connectivity index (χ0n) is 7.70. The second-order valence-electron chi connectivity index (χ2n) is 3.29. The SMILES string of the molecule is C[SiH](C)CC=Cc1ccccn1. The van der Waals surface area contributed by atoms with Crippen LogP contribution in [0.5, 0.6) is 0 Å². The molecule has 0 saturated carbocycles. The molecule has 0 aliphatic heterocycles. The summed E-state index contributed by atoms with van der Waals surface area (Å²) in [6.45, 7) is 4.70. The molecule has 0 saturated heterocycles. The van der Waals surface area contributed by atoms with Gasteiger partial charge in [-0.15, -0.1) is 0 Å². The van der Waals surface area contributed by atoms with E-state index in [0.717, 1.165) is 5.69 Å². The number of hydrogen-bond donors (Lipinski definition) is 0. The minimum atomic E-state index is -0.426. The van der Waals surface area contributed by atoms with Gasteiger partial charge in [-0.05, 0) is 24.3 Å². The van der Waals surface area contributed by atoms with Crippen molar-refractivity contribution in [2.24, 2.45) is 0 Å². The lowest BCUT2D eigenvalue weighted by atomic mass is 10.3. The molecule has 0 aliphatic rings. The van der Waals surface area contributed by atoms with Crippen molar-refractivity contribution >= 4 is 14.9 Å². The van der Waals surface area contributed by atoms with E-state index in [2.05, 4.69) is 30.2 Å². The topological polar surface area (TPSA) is 12.9 Å². The Labute approximate surface area is 75.8 Å². The number of aromatic nitrogens is 1. The van der Waals surface area contributed by atoms with Crippen LogP contribution in [-0.2, 0) is 0 Å². The van der Waals surface area contributed by atoms with E-state index in [1.165, 1.54) is 6.04 Å². The van der Waals surface area contributed by atoms with Crippen LogP contribution in [0.1, 0.15) is 5.69 Å². The molecule has 1 nitrogen and oxygen atoms in total. The molecule has 0 amide bonds. The van der Waals surface area contributed by atoms with Gasteiger partial charge in [-0.2, -0.15) is 0 Å². The molecule has 12 heavy (non-hydrogen) atoms. The van der Waals surface area contributed by atoms with Crippen LogP contribution in [0.25, 0.3) is 6.08 Å². The van der Waals surface area contributed by atoms with Crippen LogP contribution in [0.4, 0.5) is 0 Å². The minimum absolute atomic E-state index is 0.426. The van der Waals surface area contributed by atoms with Gasteiger partial charge >= 0.3 is 0 Å². The van der Waals surface area contributed by atoms with Crippen molar-refractivity contribution in [1.29, 1.82) is 0 Å². The normalized spacial score (nSPS) is 11.2. The first kappa shape index (κ1) is 9.20. The summed E-state index contributed by atoms with van der Waals surface area (Å²) in [5.41, 5.74) is 1.06. The third-order valence-electron chi connectivity index (χ3n) is 1.58. The average molecular weight is 177 g/mol. The first-order valence-electron chi connectivity index (χ1n) is 4.36. The molecule has 1 heterocycles. The zero-order valence-corrected chi connectivity index (χ0v) is 8.85. The highest BCUT2D eigenvalue weighted by Gasteiger charge is 1.89. The van der Waals surface area contributed by atoms with Gasteiger partial charge in [-0.1, -0.05) is 25.2 Å². The van der Waals surface area contributed by atoms with Gasteiger partial charge in [-0.3, -0.25) is 4.98 Å². The lowest BCUT2D eigenvalue weighted by molar-refractivity contribution is 1.29. The Morgan fingerprint density at radius 3 is 2.83 bits per heavy atom. The van der Waals surface area contributed by atoms with Crippen LogP contribution in [0.2, 0.25) is 19.1 Å². The quantitative estimate of drug-likeness (QED) is 0.647. The van der Waals surface area contributed by atoms with Crippen LogP contribution >= 0.6 is 0 Å². The second kappa shape index (κ2) is 4.88. The fraction of sp³-hybridized carbons (Fsp3) is 0.300. The number of hydrogen-bond acceptors (Lipinski definition) is 1. The molecule has 0 spiro atoms. The van der Waals surface area contributed by atoms with Crippen molar-refractivity contribution in [3.63, 3.8) is 0 Å². The number of pyridine rings is 1. The van der Waals surface area contributed by atoms with Crippen molar-refractivity contribution in [2.45, 2.75) is 19.1 Å². The van der Waals surface area contributed by atoms with Gasteiger partial charge in [0.2, 0.25) is 0 Å². The summed E-state index contributed by atoms with van der Waals surface area (Å²) in [5.74, 6) is 0. The van der Waals surface area contributed by atoms with E-state index in [9.17, 15) is 0 Å². The Morgan fingerprint density at radius 1 is 1.42 bits per heavy atom. The summed E-state index contributed by atoms with van der Waals surface area (Å²) in [4.78, 5) is 4.20. The maximum absolute atomic E-state index is 4.20. The predicted molar refractivity (Wildman–Crippen MR) is 57.0 cm³/mol. The lowest BCUT2D eigenvalue weighted by Crippen LogP contribution is -1.94. The Hall–Kier alpha value is -0.893. The number of allylic oxidation sites excluding steroid dienone is 1. The monoisotopic (exact) mass is 177 g/mol. The molecule has 64 valence electrons. The summed E-state index contributed by atoms with van der Waals surface area (Å²) in [7, 11) is -0.426. The van der Waals surface area contributed by atoms with Gasteiger partial charge in [0.25, 0.3) is 0 Å². The van der Waals surface area contributed by atoms with Crippen LogP contribution in [-0.4, -0.2) is 13.8 Å². The van der Waals surface area contributed by atoms with Gasteiger partial charge in [0, 0.05) is 15.0 Å². The molecular weight excluding hydrogens is 162 g/mol. The van der Waals surface area contributed by atoms with Gasteiger partial charge in [0.1, 0.15) is 0 Å². The van der Waals surface area contributed by atoms with Crippen LogP contribution in [0, 0.1) is 0 Å². The lowest BCUT2D eigenvalue weighted by Gasteiger charge is -1.94. The summed E-state index contributed by atoms with van der Waals surface area (Å²) < 4.78 is 0. The van der Waals surface area contributed by atoms with E-state index < -0.39 is 8.80 Å². The third kappa shape index (κ3) is 3.48. The first-order chi connectivity index (χ1) is 5.79. The highest BCUT2D eigenvalue weighted by molar-refractivity contribution is 6.56. The van der Waals surface area contributed by atoms with Gasteiger partial charge in [0.05, 0.1) is 5.69 Å². The summed E-state index contributed by atoms with van der Waals surface area (Å²) in [6, 6.07) is 7.24. The van der Waals surface area contributed by atoms with Crippen LogP contribution < -0.4 is 0 Å². The molecule has 0 aliphatic carbocycles.